The average molecular weight is 359 g/mol. The SMILES string of the molecule is COc1ccc(-c2ccc(C[NH2+]C[C@H](O)c3ccccc3)o2)cc1Cl. The number of quaternary nitrogens is 1. The first-order valence-electron chi connectivity index (χ1n) is 8.14. The van der Waals surface area contributed by atoms with Gasteiger partial charge in [-0.1, -0.05) is 41.9 Å². The molecule has 0 unspecified atom stereocenters. The molecule has 2 aromatic carbocycles. The maximum Gasteiger partial charge on any atom is 0.158 e. The van der Waals surface area contributed by atoms with Crippen molar-refractivity contribution >= 4 is 11.6 Å². The molecule has 0 amide bonds. The van der Waals surface area contributed by atoms with Crippen molar-refractivity contribution in [1.29, 1.82) is 0 Å². The zero-order valence-electron chi connectivity index (χ0n) is 14.0. The lowest BCUT2D eigenvalue weighted by Crippen LogP contribution is -2.83. The van der Waals surface area contributed by atoms with Gasteiger partial charge in [0.15, 0.2) is 5.76 Å². The molecule has 0 aliphatic rings. The van der Waals surface area contributed by atoms with E-state index < -0.39 is 6.10 Å². The molecular formula is C20H21ClNO3+. The Labute approximate surface area is 152 Å². The highest BCUT2D eigenvalue weighted by atomic mass is 35.5. The summed E-state index contributed by atoms with van der Waals surface area (Å²) < 4.78 is 11.0. The molecule has 4 nitrogen and oxygen atoms in total. The Kier molecular flexibility index (Phi) is 5.76. The molecule has 3 aromatic rings. The first kappa shape index (κ1) is 17.5. The Morgan fingerprint density at radius 1 is 1.12 bits per heavy atom. The second kappa shape index (κ2) is 8.21. The van der Waals surface area contributed by atoms with E-state index in [1.165, 1.54) is 0 Å². The second-order valence-corrected chi connectivity index (χ2v) is 6.18. The standard InChI is InChI=1S/C20H20ClNO3/c1-24-20-9-7-15(11-17(20)21)19-10-8-16(25-19)12-22-13-18(23)14-5-3-2-4-6-14/h2-11,18,22-23H,12-13H2,1H3/p+1/t18-/m0/s1. The molecule has 3 rings (SSSR count). The van der Waals surface area contributed by atoms with Gasteiger partial charge in [0.05, 0.1) is 12.1 Å². The van der Waals surface area contributed by atoms with E-state index in [1.54, 1.807) is 7.11 Å². The summed E-state index contributed by atoms with van der Waals surface area (Å²) in [7, 11) is 1.59. The molecule has 25 heavy (non-hydrogen) atoms. The molecule has 0 bridgehead atoms. The van der Waals surface area contributed by atoms with Crippen molar-refractivity contribution < 1.29 is 19.6 Å². The predicted molar refractivity (Wildman–Crippen MR) is 97.6 cm³/mol. The lowest BCUT2D eigenvalue weighted by molar-refractivity contribution is -0.679. The molecule has 0 fully saturated rings. The molecule has 0 radical (unpaired) electrons. The van der Waals surface area contributed by atoms with Crippen LogP contribution in [0.4, 0.5) is 0 Å². The summed E-state index contributed by atoms with van der Waals surface area (Å²) in [5.74, 6) is 2.25. The maximum atomic E-state index is 10.2. The summed E-state index contributed by atoms with van der Waals surface area (Å²) in [6.07, 6.45) is -0.490. The molecular weight excluding hydrogens is 338 g/mol. The number of aliphatic hydroxyl groups excluding tert-OH is 1. The summed E-state index contributed by atoms with van der Waals surface area (Å²) in [6, 6.07) is 19.1. The number of nitrogens with two attached hydrogens (primary N) is 1. The number of aliphatic hydroxyl groups is 1. The van der Waals surface area contributed by atoms with Crippen LogP contribution in [0.3, 0.4) is 0 Å². The Morgan fingerprint density at radius 3 is 2.64 bits per heavy atom. The lowest BCUT2D eigenvalue weighted by atomic mass is 10.1. The van der Waals surface area contributed by atoms with Crippen molar-refractivity contribution in [2.24, 2.45) is 0 Å². The van der Waals surface area contributed by atoms with Crippen LogP contribution in [-0.2, 0) is 6.54 Å². The van der Waals surface area contributed by atoms with Crippen molar-refractivity contribution in [3.05, 3.63) is 77.0 Å². The summed E-state index contributed by atoms with van der Waals surface area (Å²) in [4.78, 5) is 0. The van der Waals surface area contributed by atoms with Crippen LogP contribution in [0.2, 0.25) is 5.02 Å². The van der Waals surface area contributed by atoms with Crippen molar-refractivity contribution in [2.45, 2.75) is 12.6 Å². The molecule has 0 saturated heterocycles. The van der Waals surface area contributed by atoms with Gasteiger partial charge in [-0.25, -0.2) is 0 Å². The minimum absolute atomic E-state index is 0.490. The van der Waals surface area contributed by atoms with Gasteiger partial charge in [0.2, 0.25) is 0 Å². The zero-order valence-corrected chi connectivity index (χ0v) is 14.7. The number of rotatable bonds is 7. The Morgan fingerprint density at radius 2 is 1.92 bits per heavy atom. The van der Waals surface area contributed by atoms with Crippen LogP contribution >= 0.6 is 11.6 Å². The van der Waals surface area contributed by atoms with Gasteiger partial charge in [-0.3, -0.25) is 0 Å². The highest BCUT2D eigenvalue weighted by molar-refractivity contribution is 6.32. The fraction of sp³-hybridized carbons (Fsp3) is 0.200. The van der Waals surface area contributed by atoms with E-state index in [1.807, 2.05) is 66.0 Å². The van der Waals surface area contributed by atoms with E-state index in [2.05, 4.69) is 0 Å². The lowest BCUT2D eigenvalue weighted by Gasteiger charge is -2.08. The maximum absolute atomic E-state index is 10.2. The summed E-state index contributed by atoms with van der Waals surface area (Å²) in [6.45, 7) is 1.24. The van der Waals surface area contributed by atoms with Crippen molar-refractivity contribution in [3.8, 4) is 17.1 Å². The first-order chi connectivity index (χ1) is 12.2. The molecule has 0 saturated carbocycles. The number of hydrogen-bond acceptors (Lipinski definition) is 3. The van der Waals surface area contributed by atoms with E-state index in [0.717, 1.165) is 22.6 Å². The van der Waals surface area contributed by atoms with Gasteiger partial charge >= 0.3 is 0 Å². The van der Waals surface area contributed by atoms with E-state index >= 15 is 0 Å². The molecule has 3 N–H and O–H groups in total. The predicted octanol–water partition coefficient (Wildman–Crippen LogP) is 3.41. The van der Waals surface area contributed by atoms with Gasteiger partial charge in [-0.2, -0.15) is 0 Å². The third-order valence-corrected chi connectivity index (χ3v) is 4.31. The number of benzene rings is 2. The Balaban J connectivity index is 1.58. The molecule has 1 atom stereocenters. The van der Waals surface area contributed by atoms with Gasteiger partial charge in [0.1, 0.15) is 30.7 Å². The Hall–Kier alpha value is -2.27. The quantitative estimate of drug-likeness (QED) is 0.680. The zero-order chi connectivity index (χ0) is 17.6. The normalized spacial score (nSPS) is 12.1. The van der Waals surface area contributed by atoms with E-state index in [4.69, 9.17) is 20.8 Å². The Bertz CT molecular complexity index is 817. The van der Waals surface area contributed by atoms with Gasteiger partial charge in [0.25, 0.3) is 0 Å². The molecule has 0 aliphatic heterocycles. The molecule has 130 valence electrons. The molecule has 0 aliphatic carbocycles. The molecule has 1 aromatic heterocycles. The van der Waals surface area contributed by atoms with Gasteiger partial charge in [0, 0.05) is 5.56 Å². The van der Waals surface area contributed by atoms with Crippen LogP contribution in [0.25, 0.3) is 11.3 Å². The van der Waals surface area contributed by atoms with Gasteiger partial charge in [-0.05, 0) is 35.9 Å². The second-order valence-electron chi connectivity index (χ2n) is 5.77. The van der Waals surface area contributed by atoms with E-state index in [9.17, 15) is 5.11 Å². The van der Waals surface area contributed by atoms with Crippen molar-refractivity contribution in [2.75, 3.05) is 13.7 Å². The smallest absolute Gasteiger partial charge is 0.158 e. The third-order valence-electron chi connectivity index (χ3n) is 4.02. The summed E-state index contributed by atoms with van der Waals surface area (Å²) in [5.41, 5.74) is 1.83. The highest BCUT2D eigenvalue weighted by Crippen LogP contribution is 2.30. The number of halogens is 1. The topological polar surface area (TPSA) is 59.2 Å². The van der Waals surface area contributed by atoms with Crippen molar-refractivity contribution in [3.63, 3.8) is 0 Å². The van der Waals surface area contributed by atoms with Gasteiger partial charge < -0.3 is 19.6 Å². The summed E-state index contributed by atoms with van der Waals surface area (Å²) >= 11 is 6.16. The van der Waals surface area contributed by atoms with Crippen LogP contribution in [0, 0.1) is 0 Å². The first-order valence-corrected chi connectivity index (χ1v) is 8.52. The van der Waals surface area contributed by atoms with Crippen LogP contribution in [0.15, 0.2) is 65.1 Å². The van der Waals surface area contributed by atoms with Crippen LogP contribution in [0.5, 0.6) is 5.75 Å². The number of ether oxygens (including phenoxy) is 1. The highest BCUT2D eigenvalue weighted by Gasteiger charge is 2.11. The fourth-order valence-electron chi connectivity index (χ4n) is 2.66. The number of methoxy groups -OCH3 is 1. The largest absolute Gasteiger partial charge is 0.495 e. The average Bonchev–Trinajstić information content (AvgIpc) is 3.11. The molecule has 0 spiro atoms. The monoisotopic (exact) mass is 358 g/mol. The number of hydrogen-bond donors (Lipinski definition) is 2. The van der Waals surface area contributed by atoms with Crippen LogP contribution in [-0.4, -0.2) is 18.8 Å². The van der Waals surface area contributed by atoms with Crippen molar-refractivity contribution in [1.82, 2.24) is 0 Å². The van der Waals surface area contributed by atoms with Crippen LogP contribution < -0.4 is 10.1 Å². The fourth-order valence-corrected chi connectivity index (χ4v) is 2.91. The number of furan rings is 1. The van der Waals surface area contributed by atoms with Crippen LogP contribution in [0.1, 0.15) is 17.4 Å². The van der Waals surface area contributed by atoms with E-state index in [0.29, 0.717) is 23.9 Å². The molecule has 1 heterocycles. The minimum Gasteiger partial charge on any atom is -0.495 e. The summed E-state index contributed by atoms with van der Waals surface area (Å²) in [5, 5.41) is 12.8. The molecule has 5 heteroatoms. The third kappa shape index (κ3) is 4.42. The van der Waals surface area contributed by atoms with E-state index in [-0.39, 0.29) is 0 Å². The van der Waals surface area contributed by atoms with Gasteiger partial charge in [-0.15, -0.1) is 0 Å². The minimum atomic E-state index is -0.490.